The van der Waals surface area contributed by atoms with Crippen LogP contribution in [0.25, 0.3) is 0 Å². The first-order chi connectivity index (χ1) is 7.50. The van der Waals surface area contributed by atoms with Gasteiger partial charge in [-0.2, -0.15) is 0 Å². The van der Waals surface area contributed by atoms with Crippen LogP contribution in [-0.4, -0.2) is 37.7 Å². The van der Waals surface area contributed by atoms with Crippen LogP contribution in [0.5, 0.6) is 0 Å². The van der Waals surface area contributed by atoms with Gasteiger partial charge in [-0.15, -0.1) is 11.8 Å². The molecular weight excluding hydrogens is 232 g/mol. The Morgan fingerprint density at radius 1 is 1.50 bits per heavy atom. The van der Waals surface area contributed by atoms with Crippen molar-refractivity contribution in [3.8, 4) is 0 Å². The van der Waals surface area contributed by atoms with Crippen molar-refractivity contribution in [1.29, 1.82) is 0 Å². The maximum atomic E-state index is 11.5. The quantitative estimate of drug-likeness (QED) is 0.577. The molecule has 1 fully saturated rings. The Labute approximate surface area is 94.9 Å². The zero-order valence-corrected chi connectivity index (χ0v) is 9.40. The van der Waals surface area contributed by atoms with Crippen LogP contribution in [0.3, 0.4) is 0 Å². The lowest BCUT2D eigenvalue weighted by molar-refractivity contribution is 0.0299. The van der Waals surface area contributed by atoms with Gasteiger partial charge in [0.2, 0.25) is 0 Å². The van der Waals surface area contributed by atoms with E-state index in [0.29, 0.717) is 11.3 Å². The second kappa shape index (κ2) is 4.08. The number of aromatic nitrogens is 2. The second-order valence-corrected chi connectivity index (χ2v) is 4.91. The van der Waals surface area contributed by atoms with Crippen molar-refractivity contribution in [2.75, 3.05) is 5.75 Å². The number of nitrogens with zero attached hydrogens (tertiary/aromatic N) is 1. The minimum absolute atomic E-state index is 0.371. The van der Waals surface area contributed by atoms with E-state index in [0.717, 1.165) is 0 Å². The number of H-pyrrole nitrogens is 1. The van der Waals surface area contributed by atoms with Crippen LogP contribution in [0.4, 0.5) is 0 Å². The van der Waals surface area contributed by atoms with E-state index in [9.17, 15) is 19.8 Å². The van der Waals surface area contributed by atoms with Crippen molar-refractivity contribution in [1.82, 2.24) is 9.55 Å². The Balaban J connectivity index is 2.45. The van der Waals surface area contributed by atoms with Crippen LogP contribution in [0.15, 0.2) is 15.8 Å². The molecule has 0 aliphatic carbocycles. The second-order valence-electron chi connectivity index (χ2n) is 3.76. The monoisotopic (exact) mass is 244 g/mol. The van der Waals surface area contributed by atoms with E-state index in [1.54, 1.807) is 6.92 Å². The van der Waals surface area contributed by atoms with E-state index < -0.39 is 28.8 Å². The minimum Gasteiger partial charge on any atom is -0.389 e. The zero-order chi connectivity index (χ0) is 11.9. The molecule has 88 valence electrons. The summed E-state index contributed by atoms with van der Waals surface area (Å²) in [4.78, 5) is 24.9. The van der Waals surface area contributed by atoms with Crippen LogP contribution in [-0.2, 0) is 0 Å². The summed E-state index contributed by atoms with van der Waals surface area (Å²) in [6.45, 7) is 1.58. The largest absolute Gasteiger partial charge is 0.389 e. The highest BCUT2D eigenvalue weighted by atomic mass is 32.2. The van der Waals surface area contributed by atoms with E-state index in [2.05, 4.69) is 4.98 Å². The molecule has 0 radical (unpaired) electrons. The Morgan fingerprint density at radius 2 is 2.19 bits per heavy atom. The third-order valence-electron chi connectivity index (χ3n) is 2.54. The zero-order valence-electron chi connectivity index (χ0n) is 8.58. The first kappa shape index (κ1) is 11.4. The van der Waals surface area contributed by atoms with Gasteiger partial charge in [-0.3, -0.25) is 14.3 Å². The number of hydrogen-bond donors (Lipinski definition) is 3. The molecular formula is C9H12N2O4S. The van der Waals surface area contributed by atoms with Crippen molar-refractivity contribution in [2.24, 2.45) is 0 Å². The van der Waals surface area contributed by atoms with Gasteiger partial charge in [0, 0.05) is 17.5 Å². The molecule has 1 aliphatic heterocycles. The fraction of sp³-hybridized carbons (Fsp3) is 0.556. The van der Waals surface area contributed by atoms with E-state index in [1.807, 2.05) is 0 Å². The van der Waals surface area contributed by atoms with E-state index >= 15 is 0 Å². The third kappa shape index (κ3) is 1.81. The first-order valence-electron chi connectivity index (χ1n) is 4.80. The number of nitrogens with one attached hydrogen (secondary N) is 1. The first-order valence-corrected chi connectivity index (χ1v) is 5.85. The van der Waals surface area contributed by atoms with Gasteiger partial charge >= 0.3 is 5.69 Å². The number of thioether (sulfide) groups is 1. The van der Waals surface area contributed by atoms with Crippen molar-refractivity contribution in [3.05, 3.63) is 32.6 Å². The molecule has 2 rings (SSSR count). The maximum Gasteiger partial charge on any atom is 0.329 e. The van der Waals surface area contributed by atoms with Crippen LogP contribution < -0.4 is 11.2 Å². The molecule has 0 amide bonds. The molecule has 2 heterocycles. The number of hydrogen-bond acceptors (Lipinski definition) is 5. The van der Waals surface area contributed by atoms with E-state index in [1.165, 1.54) is 22.5 Å². The van der Waals surface area contributed by atoms with Crippen molar-refractivity contribution in [3.63, 3.8) is 0 Å². The Bertz CT molecular complexity index is 509. The molecule has 3 N–H and O–H groups in total. The lowest BCUT2D eigenvalue weighted by Crippen LogP contribution is -2.37. The van der Waals surface area contributed by atoms with E-state index in [-0.39, 0.29) is 0 Å². The van der Waals surface area contributed by atoms with Gasteiger partial charge in [0.05, 0.1) is 6.10 Å². The topological polar surface area (TPSA) is 95.3 Å². The predicted octanol–water partition coefficient (Wildman–Crippen LogP) is -1.19. The molecule has 3 atom stereocenters. The van der Waals surface area contributed by atoms with Crippen molar-refractivity contribution >= 4 is 11.8 Å². The van der Waals surface area contributed by atoms with Crippen molar-refractivity contribution < 1.29 is 10.2 Å². The average Bonchev–Trinajstić information content (AvgIpc) is 2.54. The summed E-state index contributed by atoms with van der Waals surface area (Å²) in [6.07, 6.45) is -0.428. The summed E-state index contributed by atoms with van der Waals surface area (Å²) >= 11 is 1.28. The molecule has 0 aromatic carbocycles. The smallest absolute Gasteiger partial charge is 0.329 e. The molecule has 1 aliphatic rings. The highest BCUT2D eigenvalue weighted by molar-refractivity contribution is 7.99. The molecule has 16 heavy (non-hydrogen) atoms. The summed E-state index contributed by atoms with van der Waals surface area (Å²) in [7, 11) is 0. The van der Waals surface area contributed by atoms with Gasteiger partial charge in [-0.25, -0.2) is 4.79 Å². The normalized spacial score (nSPS) is 29.6. The lowest BCUT2D eigenvalue weighted by atomic mass is 10.2. The number of aliphatic hydroxyl groups is 2. The van der Waals surface area contributed by atoms with Crippen LogP contribution in [0.1, 0.15) is 10.9 Å². The SMILES string of the molecule is Cc1cn([C@@H]2SC[C@@H](O)[C@H]2O)c(=O)[nH]c1=O. The maximum absolute atomic E-state index is 11.5. The van der Waals surface area contributed by atoms with Gasteiger partial charge in [0.15, 0.2) is 0 Å². The molecule has 1 aromatic rings. The fourth-order valence-electron chi connectivity index (χ4n) is 1.60. The Kier molecular flexibility index (Phi) is 2.92. The number of rotatable bonds is 1. The number of aromatic amines is 1. The summed E-state index contributed by atoms with van der Waals surface area (Å²) in [5.74, 6) is 0.371. The molecule has 0 unspecified atom stereocenters. The van der Waals surface area contributed by atoms with Gasteiger partial charge in [-0.1, -0.05) is 0 Å². The van der Waals surface area contributed by atoms with Gasteiger partial charge < -0.3 is 10.2 Å². The Hall–Kier alpha value is -1.05. The number of aliphatic hydroxyl groups excluding tert-OH is 2. The molecule has 0 saturated carbocycles. The molecule has 0 spiro atoms. The molecule has 0 bridgehead atoms. The summed E-state index contributed by atoms with van der Waals surface area (Å²) in [5, 5.41) is 18.5. The van der Waals surface area contributed by atoms with Crippen LogP contribution in [0, 0.1) is 6.92 Å². The summed E-state index contributed by atoms with van der Waals surface area (Å²) < 4.78 is 1.25. The Morgan fingerprint density at radius 3 is 2.75 bits per heavy atom. The van der Waals surface area contributed by atoms with E-state index in [4.69, 9.17) is 0 Å². The average molecular weight is 244 g/mol. The highest BCUT2D eigenvalue weighted by Crippen LogP contribution is 2.35. The summed E-state index contributed by atoms with van der Waals surface area (Å²) in [5.41, 5.74) is -0.602. The summed E-state index contributed by atoms with van der Waals surface area (Å²) in [6, 6.07) is 0. The van der Waals surface area contributed by atoms with Gasteiger partial charge in [0.1, 0.15) is 11.5 Å². The van der Waals surface area contributed by atoms with Crippen molar-refractivity contribution in [2.45, 2.75) is 24.5 Å². The van der Waals surface area contributed by atoms with Gasteiger partial charge in [-0.05, 0) is 6.92 Å². The third-order valence-corrected chi connectivity index (χ3v) is 3.93. The minimum atomic E-state index is -0.993. The molecule has 6 nitrogen and oxygen atoms in total. The fourth-order valence-corrected chi connectivity index (χ4v) is 2.89. The lowest BCUT2D eigenvalue weighted by Gasteiger charge is -2.17. The standard InChI is InChI=1S/C9H12N2O4S/c1-4-2-11(9(15)10-7(4)14)8-6(13)5(12)3-16-8/h2,5-6,8,12-13H,3H2,1H3,(H,10,14,15)/t5-,6-,8-/m1/s1. The van der Waals surface area contributed by atoms with Crippen LogP contribution in [0.2, 0.25) is 0 Å². The highest BCUT2D eigenvalue weighted by Gasteiger charge is 2.36. The van der Waals surface area contributed by atoms with Crippen LogP contribution >= 0.6 is 11.8 Å². The molecule has 7 heteroatoms. The molecule has 1 saturated heterocycles. The molecule has 1 aromatic heterocycles. The number of aryl methyl sites for hydroxylation is 1. The predicted molar refractivity (Wildman–Crippen MR) is 59.6 cm³/mol. The van der Waals surface area contributed by atoms with Gasteiger partial charge in [0.25, 0.3) is 5.56 Å².